The van der Waals surface area contributed by atoms with Gasteiger partial charge in [-0.2, -0.15) is 0 Å². The Morgan fingerprint density at radius 2 is 1.84 bits per heavy atom. The van der Waals surface area contributed by atoms with Crippen molar-refractivity contribution in [2.45, 2.75) is 44.6 Å². The van der Waals surface area contributed by atoms with Gasteiger partial charge in [0.1, 0.15) is 5.57 Å². The maximum atomic E-state index is 12.2. The molecule has 1 aliphatic carbocycles. The minimum atomic E-state index is -0.743. The quantitative estimate of drug-likeness (QED) is 0.784. The van der Waals surface area contributed by atoms with Crippen molar-refractivity contribution in [3.63, 3.8) is 0 Å². The van der Waals surface area contributed by atoms with Gasteiger partial charge < -0.3 is 9.84 Å². The van der Waals surface area contributed by atoms with Crippen molar-refractivity contribution in [1.29, 1.82) is 0 Å². The minimum absolute atomic E-state index is 0.145. The Bertz CT molecular complexity index is 551. The molecule has 1 saturated carbocycles. The molecule has 0 saturated heterocycles. The van der Waals surface area contributed by atoms with Crippen LogP contribution in [0.1, 0.15) is 43.2 Å². The lowest BCUT2D eigenvalue weighted by molar-refractivity contribution is -0.149. The Kier molecular flexibility index (Phi) is 2.85. The van der Waals surface area contributed by atoms with E-state index < -0.39 is 5.60 Å². The van der Waals surface area contributed by atoms with E-state index in [0.717, 1.165) is 43.2 Å². The van der Waals surface area contributed by atoms with Crippen LogP contribution in [0, 0.1) is 6.92 Å². The minimum Gasteiger partial charge on any atom is -0.507 e. The van der Waals surface area contributed by atoms with Gasteiger partial charge in [-0.1, -0.05) is 30.7 Å². The topological polar surface area (TPSA) is 46.5 Å². The van der Waals surface area contributed by atoms with Gasteiger partial charge in [0.25, 0.3) is 0 Å². The Labute approximate surface area is 112 Å². The molecule has 2 aliphatic rings. The van der Waals surface area contributed by atoms with E-state index in [1.165, 1.54) is 0 Å². The Balaban J connectivity index is 2.09. The number of rotatable bonds is 1. The zero-order valence-corrected chi connectivity index (χ0v) is 11.1. The van der Waals surface area contributed by atoms with Crippen LogP contribution in [-0.2, 0) is 9.53 Å². The molecular formula is C16H18O3. The summed E-state index contributed by atoms with van der Waals surface area (Å²) in [6.07, 6.45) is 4.61. The van der Waals surface area contributed by atoms with Crippen LogP contribution in [0.2, 0.25) is 0 Å². The highest BCUT2D eigenvalue weighted by Crippen LogP contribution is 2.45. The summed E-state index contributed by atoms with van der Waals surface area (Å²) in [6.45, 7) is 1.94. The number of aryl methyl sites for hydroxylation is 1. The van der Waals surface area contributed by atoms with Crippen molar-refractivity contribution in [2.75, 3.05) is 0 Å². The van der Waals surface area contributed by atoms with Crippen LogP contribution >= 0.6 is 0 Å². The zero-order chi connectivity index (χ0) is 13.5. The molecule has 3 heteroatoms. The number of carbonyl (C=O) groups is 1. The second kappa shape index (κ2) is 4.41. The smallest absolute Gasteiger partial charge is 0.343 e. The number of hydrogen-bond donors (Lipinski definition) is 1. The van der Waals surface area contributed by atoms with Gasteiger partial charge in [0.15, 0.2) is 11.4 Å². The molecule has 19 heavy (non-hydrogen) atoms. The van der Waals surface area contributed by atoms with Crippen LogP contribution in [0.25, 0.3) is 5.57 Å². The lowest BCUT2D eigenvalue weighted by Crippen LogP contribution is -2.34. The van der Waals surface area contributed by atoms with Crippen LogP contribution in [0.15, 0.2) is 30.0 Å². The van der Waals surface area contributed by atoms with E-state index in [0.29, 0.717) is 5.57 Å². The van der Waals surface area contributed by atoms with E-state index in [-0.39, 0.29) is 11.7 Å². The first-order valence-electron chi connectivity index (χ1n) is 6.87. The van der Waals surface area contributed by atoms with Crippen molar-refractivity contribution in [3.05, 3.63) is 41.2 Å². The van der Waals surface area contributed by atoms with Gasteiger partial charge in [-0.05, 0) is 43.7 Å². The fraction of sp³-hybridized carbons (Fsp3) is 0.438. The number of benzene rings is 1. The number of hydrogen-bond acceptors (Lipinski definition) is 3. The van der Waals surface area contributed by atoms with Crippen molar-refractivity contribution in [1.82, 2.24) is 0 Å². The molecule has 1 fully saturated rings. The first-order chi connectivity index (χ1) is 9.14. The average Bonchev–Trinajstić information content (AvgIpc) is 2.63. The first-order valence-corrected chi connectivity index (χ1v) is 6.87. The Morgan fingerprint density at radius 1 is 1.16 bits per heavy atom. The van der Waals surface area contributed by atoms with Crippen molar-refractivity contribution < 1.29 is 14.6 Å². The second-order valence-corrected chi connectivity index (χ2v) is 5.48. The Morgan fingerprint density at radius 3 is 2.53 bits per heavy atom. The van der Waals surface area contributed by atoms with E-state index in [2.05, 4.69) is 0 Å². The van der Waals surface area contributed by atoms with Gasteiger partial charge in [-0.25, -0.2) is 4.79 Å². The standard InChI is InChI=1S/C16H18O3/c1-11-7-3-4-8-12(11)13-14(17)16(19-15(13)18)9-5-2-6-10-16/h3-4,7-8,17H,2,5-6,9-10H2,1H3. The molecule has 1 aromatic carbocycles. The molecule has 100 valence electrons. The van der Waals surface area contributed by atoms with E-state index in [1.54, 1.807) is 0 Å². The van der Waals surface area contributed by atoms with E-state index >= 15 is 0 Å². The van der Waals surface area contributed by atoms with Crippen LogP contribution < -0.4 is 0 Å². The number of ether oxygens (including phenoxy) is 1. The summed E-state index contributed by atoms with van der Waals surface area (Å²) < 4.78 is 5.56. The highest BCUT2D eigenvalue weighted by atomic mass is 16.6. The second-order valence-electron chi connectivity index (χ2n) is 5.48. The SMILES string of the molecule is Cc1ccccc1C1=C(O)C2(CCCCC2)OC1=O. The third kappa shape index (κ3) is 1.84. The number of aliphatic hydroxyl groups excluding tert-OH is 1. The van der Waals surface area contributed by atoms with Crippen LogP contribution in [-0.4, -0.2) is 16.7 Å². The van der Waals surface area contributed by atoms with Gasteiger partial charge in [-0.15, -0.1) is 0 Å². The molecule has 1 N–H and O–H groups in total. The number of aliphatic hydroxyl groups is 1. The molecule has 0 atom stereocenters. The predicted molar refractivity (Wildman–Crippen MR) is 72.6 cm³/mol. The molecule has 3 nitrogen and oxygen atoms in total. The third-order valence-corrected chi connectivity index (χ3v) is 4.24. The number of esters is 1. The molecule has 3 rings (SSSR count). The number of carbonyl (C=O) groups excluding carboxylic acids is 1. The molecule has 0 bridgehead atoms. The van der Waals surface area contributed by atoms with Crippen molar-refractivity contribution >= 4 is 11.5 Å². The summed E-state index contributed by atoms with van der Waals surface area (Å²) in [6, 6.07) is 7.60. The van der Waals surface area contributed by atoms with Gasteiger partial charge in [-0.3, -0.25) is 0 Å². The molecular weight excluding hydrogens is 240 g/mol. The molecule has 0 radical (unpaired) electrons. The molecule has 1 aliphatic heterocycles. The largest absolute Gasteiger partial charge is 0.507 e. The normalized spacial score (nSPS) is 21.8. The highest BCUT2D eigenvalue weighted by molar-refractivity contribution is 6.20. The summed E-state index contributed by atoms with van der Waals surface area (Å²) in [4.78, 5) is 12.2. The molecule has 1 heterocycles. The molecule has 1 spiro atoms. The lowest BCUT2D eigenvalue weighted by atomic mass is 9.82. The predicted octanol–water partition coefficient (Wildman–Crippen LogP) is 3.52. The molecule has 0 unspecified atom stereocenters. The highest BCUT2D eigenvalue weighted by Gasteiger charge is 2.49. The van der Waals surface area contributed by atoms with Gasteiger partial charge in [0.2, 0.25) is 0 Å². The zero-order valence-electron chi connectivity index (χ0n) is 11.1. The molecule has 0 aromatic heterocycles. The van der Waals surface area contributed by atoms with Crippen LogP contribution in [0.4, 0.5) is 0 Å². The summed E-state index contributed by atoms with van der Waals surface area (Å²) in [5.74, 6) is -0.236. The summed E-state index contributed by atoms with van der Waals surface area (Å²) in [5.41, 5.74) is 1.38. The average molecular weight is 258 g/mol. The summed E-state index contributed by atoms with van der Waals surface area (Å²) in [5, 5.41) is 10.5. The third-order valence-electron chi connectivity index (χ3n) is 4.24. The lowest BCUT2D eigenvalue weighted by Gasteiger charge is -2.31. The van der Waals surface area contributed by atoms with Crippen LogP contribution in [0.3, 0.4) is 0 Å². The molecule has 1 aromatic rings. The van der Waals surface area contributed by atoms with Gasteiger partial charge >= 0.3 is 5.97 Å². The maximum absolute atomic E-state index is 12.2. The Hall–Kier alpha value is -1.77. The van der Waals surface area contributed by atoms with Crippen LogP contribution in [0.5, 0.6) is 0 Å². The van der Waals surface area contributed by atoms with E-state index in [1.807, 2.05) is 31.2 Å². The fourth-order valence-electron chi connectivity index (χ4n) is 3.15. The van der Waals surface area contributed by atoms with Gasteiger partial charge in [0.05, 0.1) is 0 Å². The maximum Gasteiger partial charge on any atom is 0.343 e. The monoisotopic (exact) mass is 258 g/mol. The first kappa shape index (κ1) is 12.3. The van der Waals surface area contributed by atoms with Crippen molar-refractivity contribution in [3.8, 4) is 0 Å². The fourth-order valence-corrected chi connectivity index (χ4v) is 3.15. The van der Waals surface area contributed by atoms with Gasteiger partial charge in [0, 0.05) is 0 Å². The molecule has 0 amide bonds. The van der Waals surface area contributed by atoms with E-state index in [4.69, 9.17) is 4.74 Å². The summed E-state index contributed by atoms with van der Waals surface area (Å²) in [7, 11) is 0. The van der Waals surface area contributed by atoms with Crippen molar-refractivity contribution in [2.24, 2.45) is 0 Å². The van der Waals surface area contributed by atoms with E-state index in [9.17, 15) is 9.90 Å². The summed E-state index contributed by atoms with van der Waals surface area (Å²) >= 11 is 0.